The normalized spacial score (nSPS) is 35.5. The quantitative estimate of drug-likeness (QED) is 0.798. The first-order valence-corrected chi connectivity index (χ1v) is 6.91. The molecule has 0 spiro atoms. The van der Waals surface area contributed by atoms with E-state index in [1.54, 1.807) is 0 Å². The Morgan fingerprint density at radius 2 is 1.94 bits per heavy atom. The molecule has 0 aromatic heterocycles. The molecular weight excluding hydrogens is 216 g/mol. The third-order valence-electron chi connectivity index (χ3n) is 4.68. The van der Waals surface area contributed by atoms with Crippen LogP contribution in [0.1, 0.15) is 38.5 Å². The summed E-state index contributed by atoms with van der Waals surface area (Å²) in [5.41, 5.74) is -0.0507. The van der Waals surface area contributed by atoms with Gasteiger partial charge in [-0.25, -0.2) is 0 Å². The Morgan fingerprint density at radius 3 is 2.53 bits per heavy atom. The highest BCUT2D eigenvalue weighted by atomic mass is 16.4. The summed E-state index contributed by atoms with van der Waals surface area (Å²) in [7, 11) is 0. The van der Waals surface area contributed by atoms with Crippen LogP contribution in [0.3, 0.4) is 0 Å². The van der Waals surface area contributed by atoms with Gasteiger partial charge < -0.3 is 5.11 Å². The molecule has 0 radical (unpaired) electrons. The standard InChI is InChI=1S/C13H22N2O2/c16-12(17)9-13(15-6-1-2-7-15)5-8-14(10-13)11-3-4-11/h11H,1-10H2,(H,16,17). The fourth-order valence-electron chi connectivity index (χ4n) is 3.63. The van der Waals surface area contributed by atoms with E-state index < -0.39 is 5.97 Å². The second-order valence-corrected chi connectivity index (χ2v) is 5.94. The van der Waals surface area contributed by atoms with Crippen molar-refractivity contribution in [3.8, 4) is 0 Å². The molecule has 2 aliphatic heterocycles. The first-order chi connectivity index (χ1) is 8.20. The van der Waals surface area contributed by atoms with Crippen LogP contribution in [0.5, 0.6) is 0 Å². The van der Waals surface area contributed by atoms with E-state index in [1.165, 1.54) is 25.7 Å². The van der Waals surface area contributed by atoms with Gasteiger partial charge in [0, 0.05) is 24.7 Å². The van der Waals surface area contributed by atoms with E-state index in [2.05, 4.69) is 9.80 Å². The van der Waals surface area contributed by atoms with Gasteiger partial charge in [-0.3, -0.25) is 14.6 Å². The van der Waals surface area contributed by atoms with E-state index in [4.69, 9.17) is 0 Å². The molecule has 0 amide bonds. The lowest BCUT2D eigenvalue weighted by molar-refractivity contribution is -0.140. The van der Waals surface area contributed by atoms with Crippen LogP contribution in [0.2, 0.25) is 0 Å². The van der Waals surface area contributed by atoms with Crippen molar-refractivity contribution in [2.24, 2.45) is 0 Å². The minimum Gasteiger partial charge on any atom is -0.481 e. The maximum atomic E-state index is 11.2. The maximum Gasteiger partial charge on any atom is 0.305 e. The summed E-state index contributed by atoms with van der Waals surface area (Å²) in [6, 6.07) is 0.772. The van der Waals surface area contributed by atoms with E-state index >= 15 is 0 Å². The largest absolute Gasteiger partial charge is 0.481 e. The van der Waals surface area contributed by atoms with Gasteiger partial charge in [0.05, 0.1) is 6.42 Å². The van der Waals surface area contributed by atoms with Crippen LogP contribution in [-0.2, 0) is 4.79 Å². The van der Waals surface area contributed by atoms with Crippen LogP contribution >= 0.6 is 0 Å². The molecule has 0 aromatic carbocycles. The van der Waals surface area contributed by atoms with Crippen molar-refractivity contribution in [3.63, 3.8) is 0 Å². The van der Waals surface area contributed by atoms with E-state index in [9.17, 15) is 9.90 Å². The van der Waals surface area contributed by atoms with Crippen molar-refractivity contribution < 1.29 is 9.90 Å². The van der Waals surface area contributed by atoms with E-state index in [0.29, 0.717) is 6.42 Å². The summed E-state index contributed by atoms with van der Waals surface area (Å²) in [6.45, 7) is 4.30. The zero-order valence-electron chi connectivity index (χ0n) is 10.4. The monoisotopic (exact) mass is 238 g/mol. The van der Waals surface area contributed by atoms with Gasteiger partial charge in [-0.05, 0) is 45.2 Å². The molecule has 4 heteroatoms. The summed E-state index contributed by atoms with van der Waals surface area (Å²) < 4.78 is 0. The zero-order chi connectivity index (χ0) is 11.9. The van der Waals surface area contributed by atoms with Crippen molar-refractivity contribution in [2.45, 2.75) is 50.1 Å². The average Bonchev–Trinajstić information content (AvgIpc) is 2.82. The number of aliphatic carboxylic acids is 1. The number of rotatable bonds is 4. The Kier molecular flexibility index (Phi) is 2.87. The van der Waals surface area contributed by atoms with Gasteiger partial charge in [-0.1, -0.05) is 0 Å². The average molecular weight is 238 g/mol. The topological polar surface area (TPSA) is 43.8 Å². The highest BCUT2D eigenvalue weighted by Crippen LogP contribution is 2.39. The molecule has 3 rings (SSSR count). The number of nitrogens with zero attached hydrogens (tertiary/aromatic N) is 2. The lowest BCUT2D eigenvalue weighted by Crippen LogP contribution is -2.50. The predicted octanol–water partition coefficient (Wildman–Crippen LogP) is 1.16. The second kappa shape index (κ2) is 4.25. The molecule has 96 valence electrons. The summed E-state index contributed by atoms with van der Waals surface area (Å²) in [5, 5.41) is 9.19. The van der Waals surface area contributed by atoms with Gasteiger partial charge in [0.25, 0.3) is 0 Å². The highest BCUT2D eigenvalue weighted by molar-refractivity contribution is 5.68. The fraction of sp³-hybridized carbons (Fsp3) is 0.923. The molecule has 2 saturated heterocycles. The van der Waals surface area contributed by atoms with Gasteiger partial charge in [0.15, 0.2) is 0 Å². The van der Waals surface area contributed by atoms with Crippen LogP contribution in [0, 0.1) is 0 Å². The molecule has 17 heavy (non-hydrogen) atoms. The Hall–Kier alpha value is -0.610. The first kappa shape index (κ1) is 11.5. The molecule has 0 bridgehead atoms. The van der Waals surface area contributed by atoms with E-state index in [1.807, 2.05) is 0 Å². The molecule has 1 atom stereocenters. The molecular formula is C13H22N2O2. The van der Waals surface area contributed by atoms with Crippen LogP contribution in [0.25, 0.3) is 0 Å². The van der Waals surface area contributed by atoms with Crippen LogP contribution in [-0.4, -0.2) is 58.6 Å². The van der Waals surface area contributed by atoms with Crippen molar-refractivity contribution in [1.29, 1.82) is 0 Å². The molecule has 3 fully saturated rings. The van der Waals surface area contributed by atoms with Gasteiger partial charge in [0.2, 0.25) is 0 Å². The van der Waals surface area contributed by atoms with E-state index in [0.717, 1.165) is 38.6 Å². The van der Waals surface area contributed by atoms with Gasteiger partial charge >= 0.3 is 5.97 Å². The number of carboxylic acid groups (broad SMARTS) is 1. The molecule has 2 heterocycles. The van der Waals surface area contributed by atoms with Crippen LogP contribution in [0.4, 0.5) is 0 Å². The lowest BCUT2D eigenvalue weighted by atomic mass is 9.92. The summed E-state index contributed by atoms with van der Waals surface area (Å²) in [5.74, 6) is -0.630. The van der Waals surface area contributed by atoms with Gasteiger partial charge in [-0.2, -0.15) is 0 Å². The number of hydrogen-bond acceptors (Lipinski definition) is 3. The number of likely N-dealkylation sites (tertiary alicyclic amines) is 2. The molecule has 3 aliphatic rings. The maximum absolute atomic E-state index is 11.2. The minimum atomic E-state index is -0.630. The van der Waals surface area contributed by atoms with Crippen molar-refractivity contribution >= 4 is 5.97 Å². The number of hydrogen-bond donors (Lipinski definition) is 1. The first-order valence-electron chi connectivity index (χ1n) is 6.91. The molecule has 0 aromatic rings. The SMILES string of the molecule is O=C(O)CC1(N2CCCC2)CCN(C2CC2)C1. The number of carbonyl (C=O) groups is 1. The third kappa shape index (κ3) is 2.20. The minimum absolute atomic E-state index is 0.0507. The lowest BCUT2D eigenvalue weighted by Gasteiger charge is -2.37. The summed E-state index contributed by atoms with van der Waals surface area (Å²) in [4.78, 5) is 16.2. The Balaban J connectivity index is 1.73. The Morgan fingerprint density at radius 1 is 1.24 bits per heavy atom. The van der Waals surface area contributed by atoms with E-state index in [-0.39, 0.29) is 5.54 Å². The van der Waals surface area contributed by atoms with Crippen LogP contribution in [0.15, 0.2) is 0 Å². The highest BCUT2D eigenvalue weighted by Gasteiger charge is 2.48. The summed E-state index contributed by atoms with van der Waals surface area (Å²) >= 11 is 0. The van der Waals surface area contributed by atoms with Gasteiger partial charge in [-0.15, -0.1) is 0 Å². The molecule has 1 aliphatic carbocycles. The van der Waals surface area contributed by atoms with Gasteiger partial charge in [0.1, 0.15) is 0 Å². The predicted molar refractivity (Wildman–Crippen MR) is 65.0 cm³/mol. The Bertz CT molecular complexity index is 311. The smallest absolute Gasteiger partial charge is 0.305 e. The second-order valence-electron chi connectivity index (χ2n) is 5.94. The van der Waals surface area contributed by atoms with Crippen molar-refractivity contribution in [1.82, 2.24) is 9.80 Å². The Labute approximate surface area is 103 Å². The van der Waals surface area contributed by atoms with Crippen LogP contribution < -0.4 is 0 Å². The molecule has 1 N–H and O–H groups in total. The molecule has 4 nitrogen and oxygen atoms in total. The van der Waals surface area contributed by atoms with Crippen molar-refractivity contribution in [2.75, 3.05) is 26.2 Å². The fourth-order valence-corrected chi connectivity index (χ4v) is 3.63. The van der Waals surface area contributed by atoms with Crippen molar-refractivity contribution in [3.05, 3.63) is 0 Å². The number of carboxylic acids is 1. The molecule has 1 saturated carbocycles. The summed E-state index contributed by atoms with van der Waals surface area (Å²) in [6.07, 6.45) is 6.51. The molecule has 1 unspecified atom stereocenters. The zero-order valence-corrected chi connectivity index (χ0v) is 10.4. The third-order valence-corrected chi connectivity index (χ3v) is 4.68.